The van der Waals surface area contributed by atoms with Gasteiger partial charge in [0.05, 0.1) is 30.3 Å². The molecule has 0 aliphatic heterocycles. The normalized spacial score (nSPS) is 24.0. The third kappa shape index (κ3) is 3.15. The third-order valence-electron chi connectivity index (χ3n) is 6.24. The highest BCUT2D eigenvalue weighted by Gasteiger charge is 2.47. The summed E-state index contributed by atoms with van der Waals surface area (Å²) in [6.45, 7) is 0. The van der Waals surface area contributed by atoms with Crippen LogP contribution in [-0.4, -0.2) is 41.1 Å². The number of rotatable bonds is 6. The molecular formula is C22H22BrN5O3. The molecular weight excluding hydrogens is 462 g/mol. The van der Waals surface area contributed by atoms with Gasteiger partial charge in [-0.3, -0.25) is 4.79 Å². The van der Waals surface area contributed by atoms with E-state index in [0.717, 1.165) is 22.1 Å². The van der Waals surface area contributed by atoms with Crippen LogP contribution in [-0.2, 0) is 4.79 Å². The van der Waals surface area contributed by atoms with E-state index < -0.39 is 0 Å². The van der Waals surface area contributed by atoms with Gasteiger partial charge in [-0.2, -0.15) is 0 Å². The van der Waals surface area contributed by atoms with Crippen LogP contribution in [0, 0.1) is 17.8 Å². The Kier molecular flexibility index (Phi) is 4.85. The number of fused-ring (bicyclic) bond motifs is 3. The molecule has 0 saturated heterocycles. The Morgan fingerprint density at radius 3 is 2.61 bits per heavy atom. The van der Waals surface area contributed by atoms with Crippen LogP contribution in [0.3, 0.4) is 0 Å². The number of aromatic amines is 1. The van der Waals surface area contributed by atoms with Crippen molar-refractivity contribution in [3.63, 3.8) is 0 Å². The Bertz CT molecular complexity index is 1190. The Balaban J connectivity index is 1.60. The summed E-state index contributed by atoms with van der Waals surface area (Å²) in [6, 6.07) is 5.49. The van der Waals surface area contributed by atoms with Crippen molar-refractivity contribution in [2.75, 3.05) is 19.5 Å². The minimum absolute atomic E-state index is 0.0815. The van der Waals surface area contributed by atoms with Crippen molar-refractivity contribution in [3.05, 3.63) is 41.0 Å². The SMILES string of the molecule is COc1cccc(OC)c1-c1nc2ncc(Br)c(N[C@@H]3[C@H]4C=CC(C4)[C@@H]3C(N)=O)c2[nH]1. The molecule has 9 heteroatoms. The van der Waals surface area contributed by atoms with E-state index in [9.17, 15) is 4.79 Å². The number of primary amides is 1. The van der Waals surface area contributed by atoms with Crippen molar-refractivity contribution < 1.29 is 14.3 Å². The standard InChI is InChI=1S/C22H22BrN5O3/c1-30-13-4-3-5-14(31-2)16(13)21-27-19-18(12(23)9-25-22(19)28-21)26-17-11-7-6-10(8-11)15(17)20(24)29/h3-7,9-11,15,17H,8H2,1-2H3,(H2,24,29)(H2,25,26,27,28)/t10?,11-,15-,17+/m0/s1. The summed E-state index contributed by atoms with van der Waals surface area (Å²) in [5, 5.41) is 3.56. The van der Waals surface area contributed by atoms with E-state index in [-0.39, 0.29) is 29.7 Å². The van der Waals surface area contributed by atoms with Crippen LogP contribution < -0.4 is 20.5 Å². The van der Waals surface area contributed by atoms with Crippen molar-refractivity contribution in [2.24, 2.45) is 23.5 Å². The van der Waals surface area contributed by atoms with Gasteiger partial charge in [0.25, 0.3) is 0 Å². The van der Waals surface area contributed by atoms with Gasteiger partial charge < -0.3 is 25.5 Å². The van der Waals surface area contributed by atoms with Crippen LogP contribution in [0.5, 0.6) is 11.5 Å². The number of allylic oxidation sites excluding steroid dienone is 1. The fourth-order valence-electron chi connectivity index (χ4n) is 4.85. The number of nitrogens with two attached hydrogens (primary N) is 1. The zero-order chi connectivity index (χ0) is 21.7. The average Bonchev–Trinajstić information content (AvgIpc) is 3.49. The highest BCUT2D eigenvalue weighted by atomic mass is 79.9. The summed E-state index contributed by atoms with van der Waals surface area (Å²) >= 11 is 3.60. The summed E-state index contributed by atoms with van der Waals surface area (Å²) in [6.07, 6.45) is 6.92. The molecule has 8 nitrogen and oxygen atoms in total. The van der Waals surface area contributed by atoms with Gasteiger partial charge in [0.15, 0.2) is 5.65 Å². The smallest absolute Gasteiger partial charge is 0.223 e. The first-order valence-electron chi connectivity index (χ1n) is 10.0. The van der Waals surface area contributed by atoms with E-state index in [4.69, 9.17) is 15.2 Å². The predicted molar refractivity (Wildman–Crippen MR) is 121 cm³/mol. The van der Waals surface area contributed by atoms with Crippen molar-refractivity contribution in [2.45, 2.75) is 12.5 Å². The van der Waals surface area contributed by atoms with Crippen LogP contribution in [0.15, 0.2) is 41.0 Å². The summed E-state index contributed by atoms with van der Waals surface area (Å²) in [5.74, 6) is 1.78. The number of anilines is 1. The van der Waals surface area contributed by atoms with Gasteiger partial charge in [-0.15, -0.1) is 0 Å². The fourth-order valence-corrected chi connectivity index (χ4v) is 5.27. The number of H-pyrrole nitrogens is 1. The molecule has 1 unspecified atom stereocenters. The molecule has 2 aliphatic carbocycles. The molecule has 4 atom stereocenters. The third-order valence-corrected chi connectivity index (χ3v) is 6.84. The summed E-state index contributed by atoms with van der Waals surface area (Å²) in [4.78, 5) is 24.7. The predicted octanol–water partition coefficient (Wildman–Crippen LogP) is 3.49. The minimum Gasteiger partial charge on any atom is -0.496 e. The number of hydrogen-bond donors (Lipinski definition) is 3. The lowest BCUT2D eigenvalue weighted by Gasteiger charge is -2.28. The first-order chi connectivity index (χ1) is 15.0. The van der Waals surface area contributed by atoms with Crippen molar-refractivity contribution in [1.29, 1.82) is 0 Å². The van der Waals surface area contributed by atoms with Crippen LogP contribution in [0.2, 0.25) is 0 Å². The van der Waals surface area contributed by atoms with E-state index >= 15 is 0 Å². The number of nitrogens with zero attached hydrogens (tertiary/aromatic N) is 2. The molecule has 0 radical (unpaired) electrons. The summed E-state index contributed by atoms with van der Waals surface area (Å²) in [7, 11) is 3.21. The van der Waals surface area contributed by atoms with Crippen LogP contribution in [0.1, 0.15) is 6.42 Å². The monoisotopic (exact) mass is 483 g/mol. The second-order valence-corrected chi connectivity index (χ2v) is 8.70. The lowest BCUT2D eigenvalue weighted by atomic mass is 9.88. The molecule has 1 amide bonds. The lowest BCUT2D eigenvalue weighted by Crippen LogP contribution is -2.41. The largest absolute Gasteiger partial charge is 0.496 e. The quantitative estimate of drug-likeness (QED) is 0.462. The van der Waals surface area contributed by atoms with Gasteiger partial charge in [-0.05, 0) is 46.3 Å². The molecule has 3 aromatic rings. The van der Waals surface area contributed by atoms with Gasteiger partial charge in [-0.25, -0.2) is 9.97 Å². The molecule has 1 saturated carbocycles. The Morgan fingerprint density at radius 2 is 1.94 bits per heavy atom. The number of ether oxygens (including phenoxy) is 2. The van der Waals surface area contributed by atoms with Crippen LogP contribution >= 0.6 is 15.9 Å². The van der Waals surface area contributed by atoms with Crippen molar-refractivity contribution >= 4 is 38.7 Å². The zero-order valence-corrected chi connectivity index (χ0v) is 18.6. The zero-order valence-electron chi connectivity index (χ0n) is 17.1. The number of amides is 1. The van der Waals surface area contributed by atoms with E-state index in [1.807, 2.05) is 18.2 Å². The molecule has 2 aliphatic rings. The maximum atomic E-state index is 12.1. The first kappa shape index (κ1) is 19.9. The van der Waals surface area contributed by atoms with E-state index in [2.05, 4.69) is 48.4 Å². The summed E-state index contributed by atoms with van der Waals surface area (Å²) < 4.78 is 11.8. The van der Waals surface area contributed by atoms with Crippen LogP contribution in [0.4, 0.5) is 5.69 Å². The fraction of sp³-hybridized carbons (Fsp3) is 0.318. The van der Waals surface area contributed by atoms with E-state index in [1.54, 1.807) is 20.4 Å². The van der Waals surface area contributed by atoms with Crippen molar-refractivity contribution in [3.8, 4) is 22.9 Å². The Labute approximate surface area is 187 Å². The molecule has 160 valence electrons. The molecule has 5 rings (SSSR count). The van der Waals surface area contributed by atoms with Gasteiger partial charge in [-0.1, -0.05) is 18.2 Å². The molecule has 2 bridgehead atoms. The van der Waals surface area contributed by atoms with Gasteiger partial charge in [0.1, 0.15) is 28.4 Å². The molecule has 2 heterocycles. The number of pyridine rings is 1. The van der Waals surface area contributed by atoms with E-state index in [0.29, 0.717) is 28.5 Å². The molecule has 2 aromatic heterocycles. The number of halogens is 1. The molecule has 31 heavy (non-hydrogen) atoms. The number of nitrogens with one attached hydrogen (secondary N) is 2. The Morgan fingerprint density at radius 1 is 1.23 bits per heavy atom. The van der Waals surface area contributed by atoms with Crippen molar-refractivity contribution in [1.82, 2.24) is 15.0 Å². The average molecular weight is 484 g/mol. The lowest BCUT2D eigenvalue weighted by molar-refractivity contribution is -0.122. The maximum absolute atomic E-state index is 12.1. The van der Waals surface area contributed by atoms with Gasteiger partial charge in [0, 0.05) is 12.2 Å². The maximum Gasteiger partial charge on any atom is 0.223 e. The number of aromatic nitrogens is 3. The first-order valence-corrected chi connectivity index (χ1v) is 10.8. The highest BCUT2D eigenvalue weighted by Crippen LogP contribution is 2.46. The van der Waals surface area contributed by atoms with E-state index in [1.165, 1.54) is 0 Å². The Hall–Kier alpha value is -3.07. The number of methoxy groups -OCH3 is 2. The van der Waals surface area contributed by atoms with Gasteiger partial charge >= 0.3 is 0 Å². The number of benzene rings is 1. The molecule has 1 fully saturated rings. The molecule has 1 aromatic carbocycles. The minimum atomic E-state index is -0.278. The topological polar surface area (TPSA) is 115 Å². The molecule has 0 spiro atoms. The number of carbonyl (C=O) groups is 1. The number of hydrogen-bond acceptors (Lipinski definition) is 6. The second-order valence-electron chi connectivity index (χ2n) is 7.85. The van der Waals surface area contributed by atoms with Crippen LogP contribution in [0.25, 0.3) is 22.6 Å². The molecule has 4 N–H and O–H groups in total. The highest BCUT2D eigenvalue weighted by molar-refractivity contribution is 9.10. The summed E-state index contributed by atoms with van der Waals surface area (Å²) in [5.41, 5.74) is 8.53. The second kappa shape index (κ2) is 7.56. The number of carbonyl (C=O) groups excluding carboxylic acids is 1. The number of imidazole rings is 1. The van der Waals surface area contributed by atoms with Gasteiger partial charge in [0.2, 0.25) is 5.91 Å².